The fourth-order valence-corrected chi connectivity index (χ4v) is 4.82. The number of nitrogens with one attached hydrogen (secondary N) is 1. The molecule has 0 aliphatic carbocycles. The second-order valence-corrected chi connectivity index (χ2v) is 9.11. The van der Waals surface area contributed by atoms with Gasteiger partial charge in [0.25, 0.3) is 5.91 Å². The molecule has 1 aliphatic heterocycles. The lowest BCUT2D eigenvalue weighted by Crippen LogP contribution is -2.49. The molecule has 9 heteroatoms. The summed E-state index contributed by atoms with van der Waals surface area (Å²) in [6, 6.07) is 13.1. The van der Waals surface area contributed by atoms with Crippen molar-refractivity contribution in [1.82, 2.24) is 9.62 Å². The molecule has 0 bridgehead atoms. The molecular formula is C21H26FN3O4S. The molecular weight excluding hydrogens is 409 g/mol. The fourth-order valence-electron chi connectivity index (χ4n) is 3.33. The van der Waals surface area contributed by atoms with Gasteiger partial charge in [-0.05, 0) is 48.9 Å². The van der Waals surface area contributed by atoms with Crippen LogP contribution in [-0.4, -0.2) is 64.2 Å². The number of amides is 1. The highest BCUT2D eigenvalue weighted by atomic mass is 32.2. The average molecular weight is 436 g/mol. The number of carbonyl (C=O) groups is 1. The molecule has 2 aromatic carbocycles. The van der Waals surface area contributed by atoms with Crippen LogP contribution < -0.4 is 15.0 Å². The van der Waals surface area contributed by atoms with Crippen molar-refractivity contribution < 1.29 is 22.3 Å². The van der Waals surface area contributed by atoms with Crippen LogP contribution in [0.2, 0.25) is 0 Å². The van der Waals surface area contributed by atoms with Crippen molar-refractivity contribution in [1.29, 1.82) is 0 Å². The number of carbonyl (C=O) groups excluding carboxylic acids is 1. The van der Waals surface area contributed by atoms with Crippen LogP contribution in [-0.2, 0) is 10.0 Å². The number of nitrogens with zero attached hydrogens (tertiary/aromatic N) is 2. The Balaban J connectivity index is 1.43. The number of hydrogen-bond acceptors (Lipinski definition) is 5. The molecule has 1 fully saturated rings. The van der Waals surface area contributed by atoms with E-state index in [1.165, 1.54) is 22.5 Å². The highest BCUT2D eigenvalue weighted by Gasteiger charge is 2.26. The van der Waals surface area contributed by atoms with Gasteiger partial charge in [0.1, 0.15) is 11.6 Å². The van der Waals surface area contributed by atoms with E-state index in [0.29, 0.717) is 32.6 Å². The van der Waals surface area contributed by atoms with Crippen LogP contribution in [0.5, 0.6) is 5.75 Å². The van der Waals surface area contributed by atoms with Crippen LogP contribution in [0, 0.1) is 5.82 Å². The molecule has 1 amide bonds. The summed E-state index contributed by atoms with van der Waals surface area (Å²) in [5, 5.41) is 2.63. The van der Waals surface area contributed by atoms with E-state index in [0.717, 1.165) is 17.5 Å². The van der Waals surface area contributed by atoms with Gasteiger partial charge in [-0.1, -0.05) is 6.07 Å². The second kappa shape index (κ2) is 9.90. The Morgan fingerprint density at radius 3 is 2.43 bits per heavy atom. The number of piperazine rings is 1. The van der Waals surface area contributed by atoms with E-state index >= 15 is 0 Å². The lowest BCUT2D eigenvalue weighted by Gasteiger charge is -2.35. The first-order valence-electron chi connectivity index (χ1n) is 9.79. The van der Waals surface area contributed by atoms with Crippen molar-refractivity contribution in [3.8, 4) is 5.75 Å². The molecule has 0 atom stereocenters. The molecule has 1 heterocycles. The summed E-state index contributed by atoms with van der Waals surface area (Å²) in [7, 11) is -1.78. The Labute approximate surface area is 176 Å². The SMILES string of the molecule is COc1ccc(N2CCN(S(=O)(=O)CCCNC(=O)c3cccc(F)c3)CC2)cc1. The minimum atomic E-state index is -3.39. The number of rotatable bonds is 8. The summed E-state index contributed by atoms with van der Waals surface area (Å²) < 4.78 is 45.0. The van der Waals surface area contributed by atoms with Crippen LogP contribution in [0.1, 0.15) is 16.8 Å². The fraction of sp³-hybridized carbons (Fsp3) is 0.381. The third kappa shape index (κ3) is 5.70. The molecule has 7 nitrogen and oxygen atoms in total. The monoisotopic (exact) mass is 435 g/mol. The molecule has 1 saturated heterocycles. The molecule has 0 spiro atoms. The number of ether oxygens (including phenoxy) is 1. The van der Waals surface area contributed by atoms with E-state index in [4.69, 9.17) is 4.74 Å². The maximum atomic E-state index is 13.2. The van der Waals surface area contributed by atoms with Crippen molar-refractivity contribution in [2.45, 2.75) is 6.42 Å². The molecule has 3 rings (SSSR count). The van der Waals surface area contributed by atoms with Crippen LogP contribution >= 0.6 is 0 Å². The lowest BCUT2D eigenvalue weighted by atomic mass is 10.2. The summed E-state index contributed by atoms with van der Waals surface area (Å²) in [4.78, 5) is 14.1. The zero-order valence-corrected chi connectivity index (χ0v) is 17.7. The number of halogens is 1. The van der Waals surface area contributed by atoms with Gasteiger partial charge in [-0.25, -0.2) is 12.8 Å². The molecule has 1 aliphatic rings. The molecule has 2 aromatic rings. The maximum Gasteiger partial charge on any atom is 0.251 e. The Hall–Kier alpha value is -2.65. The lowest BCUT2D eigenvalue weighted by molar-refractivity contribution is 0.0953. The Morgan fingerprint density at radius 2 is 1.80 bits per heavy atom. The van der Waals surface area contributed by atoms with E-state index < -0.39 is 21.7 Å². The van der Waals surface area contributed by atoms with Crippen LogP contribution in [0.25, 0.3) is 0 Å². The molecule has 0 unspecified atom stereocenters. The first-order valence-corrected chi connectivity index (χ1v) is 11.4. The van der Waals surface area contributed by atoms with Crippen molar-refractivity contribution in [2.75, 3.05) is 50.5 Å². The Morgan fingerprint density at radius 1 is 1.10 bits per heavy atom. The standard InChI is InChI=1S/C21H26FN3O4S/c1-29-20-8-6-19(7-9-20)24-11-13-25(14-12-24)30(27,28)15-3-10-23-21(26)17-4-2-5-18(22)16-17/h2,4-9,16H,3,10-15H2,1H3,(H,23,26). The first-order chi connectivity index (χ1) is 14.4. The van der Waals surface area contributed by atoms with Gasteiger partial charge in [-0.3, -0.25) is 4.79 Å². The van der Waals surface area contributed by atoms with Crippen molar-refractivity contribution in [3.63, 3.8) is 0 Å². The molecule has 0 saturated carbocycles. The summed E-state index contributed by atoms with van der Waals surface area (Å²) in [6.45, 7) is 2.28. The number of methoxy groups -OCH3 is 1. The van der Waals surface area contributed by atoms with Crippen LogP contribution in [0.3, 0.4) is 0 Å². The van der Waals surface area contributed by atoms with Gasteiger partial charge in [-0.15, -0.1) is 0 Å². The van der Waals surface area contributed by atoms with Gasteiger partial charge < -0.3 is 15.0 Å². The minimum absolute atomic E-state index is 0.0427. The number of sulfonamides is 1. The van der Waals surface area contributed by atoms with Gasteiger partial charge in [0.15, 0.2) is 0 Å². The van der Waals surface area contributed by atoms with Gasteiger partial charge in [0.05, 0.1) is 12.9 Å². The number of hydrogen-bond donors (Lipinski definition) is 1. The maximum absolute atomic E-state index is 13.2. The van der Waals surface area contributed by atoms with Gasteiger partial charge >= 0.3 is 0 Å². The van der Waals surface area contributed by atoms with Gasteiger partial charge in [0, 0.05) is 44.0 Å². The number of anilines is 1. The van der Waals surface area contributed by atoms with E-state index in [1.807, 2.05) is 24.3 Å². The van der Waals surface area contributed by atoms with E-state index in [2.05, 4.69) is 10.2 Å². The van der Waals surface area contributed by atoms with Gasteiger partial charge in [0.2, 0.25) is 10.0 Å². The molecule has 162 valence electrons. The van der Waals surface area contributed by atoms with Crippen molar-refractivity contribution in [3.05, 3.63) is 59.9 Å². The molecule has 30 heavy (non-hydrogen) atoms. The van der Waals surface area contributed by atoms with Crippen LogP contribution in [0.4, 0.5) is 10.1 Å². The molecule has 0 radical (unpaired) electrons. The largest absolute Gasteiger partial charge is 0.497 e. The average Bonchev–Trinajstić information content (AvgIpc) is 2.77. The minimum Gasteiger partial charge on any atom is -0.497 e. The molecule has 1 N–H and O–H groups in total. The van der Waals surface area contributed by atoms with Crippen LogP contribution in [0.15, 0.2) is 48.5 Å². The van der Waals surface area contributed by atoms with E-state index in [1.54, 1.807) is 7.11 Å². The zero-order valence-electron chi connectivity index (χ0n) is 16.9. The zero-order chi connectivity index (χ0) is 21.6. The topological polar surface area (TPSA) is 79.0 Å². The third-order valence-electron chi connectivity index (χ3n) is 5.02. The third-order valence-corrected chi connectivity index (χ3v) is 6.98. The summed E-state index contributed by atoms with van der Waals surface area (Å²) in [5.74, 6) is -0.164. The summed E-state index contributed by atoms with van der Waals surface area (Å²) >= 11 is 0. The highest BCUT2D eigenvalue weighted by molar-refractivity contribution is 7.89. The first kappa shape index (κ1) is 22.0. The predicted octanol–water partition coefficient (Wildman–Crippen LogP) is 2.11. The quantitative estimate of drug-likeness (QED) is 0.643. The Kier molecular flexibility index (Phi) is 7.28. The van der Waals surface area contributed by atoms with Crippen molar-refractivity contribution in [2.24, 2.45) is 0 Å². The molecule has 0 aromatic heterocycles. The summed E-state index contributed by atoms with van der Waals surface area (Å²) in [5.41, 5.74) is 1.25. The van der Waals surface area contributed by atoms with E-state index in [9.17, 15) is 17.6 Å². The predicted molar refractivity (Wildman–Crippen MR) is 114 cm³/mol. The highest BCUT2D eigenvalue weighted by Crippen LogP contribution is 2.21. The number of benzene rings is 2. The normalized spacial score (nSPS) is 15.1. The van der Waals surface area contributed by atoms with E-state index in [-0.39, 0.29) is 17.9 Å². The van der Waals surface area contributed by atoms with Gasteiger partial charge in [-0.2, -0.15) is 4.31 Å². The second-order valence-electron chi connectivity index (χ2n) is 7.02. The Bertz CT molecular complexity index is 958. The summed E-state index contributed by atoms with van der Waals surface area (Å²) in [6.07, 6.45) is 0.294. The van der Waals surface area contributed by atoms with Crippen molar-refractivity contribution >= 4 is 21.6 Å². The smallest absolute Gasteiger partial charge is 0.251 e.